The molecule has 8 heteroatoms. The van der Waals surface area contributed by atoms with Crippen molar-refractivity contribution in [1.82, 2.24) is 10.2 Å². The molecule has 0 aromatic heterocycles. The summed E-state index contributed by atoms with van der Waals surface area (Å²) in [6.45, 7) is 7.98. The number of nitrogens with two attached hydrogens (primary N) is 2. The number of nitrogens with zero attached hydrogens (tertiary/aromatic N) is 2. The summed E-state index contributed by atoms with van der Waals surface area (Å²) in [5, 5.41) is 10.9. The highest BCUT2D eigenvalue weighted by atomic mass is 35.5. The molecule has 0 amide bonds. The average Bonchev–Trinajstić information content (AvgIpc) is 2.44. The van der Waals surface area contributed by atoms with Gasteiger partial charge in [0, 0.05) is 30.2 Å². The molecule has 0 aliphatic rings. The van der Waals surface area contributed by atoms with Crippen LogP contribution in [0.3, 0.4) is 0 Å². The zero-order valence-electron chi connectivity index (χ0n) is 15.7. The summed E-state index contributed by atoms with van der Waals surface area (Å²) in [6, 6.07) is 6.83. The summed E-state index contributed by atoms with van der Waals surface area (Å²) in [6.07, 6.45) is 0. The van der Waals surface area contributed by atoms with Crippen molar-refractivity contribution < 1.29 is 4.79 Å². The van der Waals surface area contributed by atoms with Crippen LogP contribution in [0.5, 0.6) is 0 Å². The van der Waals surface area contributed by atoms with Gasteiger partial charge in [-0.2, -0.15) is 4.99 Å². The van der Waals surface area contributed by atoms with Gasteiger partial charge in [0.1, 0.15) is 0 Å². The fraction of sp³-hybridized carbons (Fsp3) is 0.471. The number of guanidine groups is 2. The monoisotopic (exact) mass is 368 g/mol. The molecule has 0 spiro atoms. The zero-order valence-corrected chi connectivity index (χ0v) is 16.5. The number of rotatable bonds is 3. The topological polar surface area (TPSA) is 121 Å². The van der Waals surface area contributed by atoms with E-state index in [4.69, 9.17) is 28.5 Å². The van der Waals surface area contributed by atoms with Crippen LogP contribution in [0.2, 0.25) is 5.02 Å². The van der Waals surface area contributed by atoms with Gasteiger partial charge in [-0.15, -0.1) is 0 Å². The molecular weight excluding hydrogens is 340 g/mol. The second-order valence-corrected chi connectivity index (χ2v) is 7.18. The Bertz CT molecular complexity index is 618. The lowest BCUT2D eigenvalue weighted by molar-refractivity contribution is 0.0935. The molecule has 140 valence electrons. The van der Waals surface area contributed by atoms with E-state index in [1.807, 2.05) is 27.7 Å². The smallest absolute Gasteiger partial charge is 0.220 e. The molecule has 0 saturated heterocycles. The third kappa shape index (κ3) is 10.4. The van der Waals surface area contributed by atoms with E-state index in [0.717, 1.165) is 0 Å². The van der Waals surface area contributed by atoms with Gasteiger partial charge in [0.15, 0.2) is 11.7 Å². The van der Waals surface area contributed by atoms with E-state index in [-0.39, 0.29) is 29.3 Å². The summed E-state index contributed by atoms with van der Waals surface area (Å²) in [4.78, 5) is 17.0. The molecule has 0 fully saturated rings. The number of aliphatic imine (C=N–C) groups is 1. The minimum Gasteiger partial charge on any atom is -0.370 e. The normalized spacial score (nSPS) is 11.6. The van der Waals surface area contributed by atoms with Crippen LogP contribution in [0.4, 0.5) is 0 Å². The molecule has 1 aromatic rings. The Hall–Kier alpha value is -2.12. The van der Waals surface area contributed by atoms with Gasteiger partial charge in [-0.1, -0.05) is 23.7 Å². The standard InChI is InChI=1S/C13H18ClNO.C4H11N5/c1-9(15-13(2,3)4)12(16)10-6-5-7-11(14)8-10;1-9(2)4(7)8-3(5)6/h5-9,15H,1-4H3;1-2H3,(H5,5,6,7,8). The van der Waals surface area contributed by atoms with E-state index in [9.17, 15) is 4.79 Å². The molecule has 6 N–H and O–H groups in total. The highest BCUT2D eigenvalue weighted by molar-refractivity contribution is 6.31. The maximum absolute atomic E-state index is 12.1. The number of Topliss-reactive ketones (excluding diaryl/α,β-unsaturated/α-hetero) is 1. The van der Waals surface area contributed by atoms with E-state index >= 15 is 0 Å². The largest absolute Gasteiger partial charge is 0.370 e. The van der Waals surface area contributed by atoms with Gasteiger partial charge < -0.3 is 21.7 Å². The third-order valence-corrected chi connectivity index (χ3v) is 3.05. The Morgan fingerprint density at radius 1 is 1.32 bits per heavy atom. The SMILES string of the molecule is CC(NC(C)(C)C)C(=O)c1cccc(Cl)c1.CN(C)C(=N)N=C(N)N. The minimum absolute atomic E-state index is 0.0509. The van der Waals surface area contributed by atoms with Crippen LogP contribution < -0.4 is 16.8 Å². The fourth-order valence-corrected chi connectivity index (χ4v) is 2.02. The Kier molecular flexibility index (Phi) is 9.16. The molecule has 7 nitrogen and oxygen atoms in total. The number of halogens is 1. The van der Waals surface area contributed by atoms with Gasteiger partial charge in [-0.05, 0) is 39.8 Å². The summed E-state index contributed by atoms with van der Waals surface area (Å²) < 4.78 is 0. The van der Waals surface area contributed by atoms with E-state index in [1.54, 1.807) is 38.4 Å². The third-order valence-electron chi connectivity index (χ3n) is 2.81. The van der Waals surface area contributed by atoms with Crippen molar-refractivity contribution in [2.75, 3.05) is 14.1 Å². The van der Waals surface area contributed by atoms with Crippen LogP contribution in [-0.4, -0.2) is 48.3 Å². The molecule has 0 radical (unpaired) electrons. The van der Waals surface area contributed by atoms with Crippen molar-refractivity contribution in [2.45, 2.75) is 39.3 Å². The Morgan fingerprint density at radius 3 is 2.24 bits per heavy atom. The van der Waals surface area contributed by atoms with Crippen LogP contribution in [0, 0.1) is 5.41 Å². The van der Waals surface area contributed by atoms with Crippen molar-refractivity contribution in [3.05, 3.63) is 34.9 Å². The summed E-state index contributed by atoms with van der Waals surface area (Å²) >= 11 is 5.85. The molecule has 1 atom stereocenters. The maximum atomic E-state index is 12.1. The Balaban J connectivity index is 0.000000547. The second kappa shape index (κ2) is 10.0. The van der Waals surface area contributed by atoms with Crippen molar-refractivity contribution in [1.29, 1.82) is 5.41 Å². The van der Waals surface area contributed by atoms with Crippen LogP contribution in [-0.2, 0) is 0 Å². The highest BCUT2D eigenvalue weighted by Gasteiger charge is 2.20. The first-order valence-electron chi connectivity index (χ1n) is 7.76. The van der Waals surface area contributed by atoms with Gasteiger partial charge in [0.25, 0.3) is 0 Å². The Morgan fingerprint density at radius 2 is 1.88 bits per heavy atom. The molecule has 0 saturated carbocycles. The predicted molar refractivity (Wildman–Crippen MR) is 105 cm³/mol. The second-order valence-electron chi connectivity index (χ2n) is 6.75. The summed E-state index contributed by atoms with van der Waals surface area (Å²) in [5.41, 5.74) is 10.6. The van der Waals surface area contributed by atoms with Crippen molar-refractivity contribution in [3.63, 3.8) is 0 Å². The number of hydrogen-bond acceptors (Lipinski definition) is 3. The van der Waals surface area contributed by atoms with E-state index in [2.05, 4.69) is 10.3 Å². The fourth-order valence-electron chi connectivity index (χ4n) is 1.83. The lowest BCUT2D eigenvalue weighted by Gasteiger charge is -2.25. The predicted octanol–water partition coefficient (Wildman–Crippen LogP) is 2.06. The van der Waals surface area contributed by atoms with E-state index in [0.29, 0.717) is 10.6 Å². The summed E-state index contributed by atoms with van der Waals surface area (Å²) in [5.74, 6) is 0.0288. The first-order chi connectivity index (χ1) is 11.3. The van der Waals surface area contributed by atoms with Gasteiger partial charge in [-0.3, -0.25) is 10.2 Å². The van der Waals surface area contributed by atoms with E-state index < -0.39 is 0 Å². The first kappa shape index (κ1) is 22.9. The minimum atomic E-state index is -0.210. The van der Waals surface area contributed by atoms with Crippen LogP contribution >= 0.6 is 11.6 Å². The molecule has 0 aliphatic heterocycles. The number of nitrogens with one attached hydrogen (secondary N) is 2. The number of carbonyl (C=O) groups is 1. The van der Waals surface area contributed by atoms with Gasteiger partial charge in [-0.25, -0.2) is 0 Å². The molecule has 1 unspecified atom stereocenters. The Labute approximate surface area is 154 Å². The molecule has 1 rings (SSSR count). The van der Waals surface area contributed by atoms with Crippen LogP contribution in [0.25, 0.3) is 0 Å². The van der Waals surface area contributed by atoms with Crippen LogP contribution in [0.1, 0.15) is 38.1 Å². The number of ketones is 1. The van der Waals surface area contributed by atoms with Gasteiger partial charge in [0.05, 0.1) is 6.04 Å². The average molecular weight is 369 g/mol. The van der Waals surface area contributed by atoms with Gasteiger partial charge >= 0.3 is 0 Å². The molecule has 0 aliphatic carbocycles. The van der Waals surface area contributed by atoms with Crippen molar-refractivity contribution >= 4 is 29.3 Å². The molecular formula is C17H29ClN6O. The van der Waals surface area contributed by atoms with Crippen molar-refractivity contribution in [2.24, 2.45) is 16.5 Å². The highest BCUT2D eigenvalue weighted by Crippen LogP contribution is 2.13. The zero-order chi connectivity index (χ0) is 19.8. The van der Waals surface area contributed by atoms with E-state index in [1.165, 1.54) is 4.90 Å². The number of hydrogen-bond donors (Lipinski definition) is 4. The number of carbonyl (C=O) groups excluding carboxylic acids is 1. The molecule has 1 aromatic carbocycles. The number of benzene rings is 1. The lowest BCUT2D eigenvalue weighted by Crippen LogP contribution is -2.46. The molecule has 25 heavy (non-hydrogen) atoms. The maximum Gasteiger partial charge on any atom is 0.220 e. The van der Waals surface area contributed by atoms with Gasteiger partial charge in [0.2, 0.25) is 5.96 Å². The quantitative estimate of drug-likeness (QED) is 0.369. The molecule has 0 heterocycles. The first-order valence-corrected chi connectivity index (χ1v) is 8.14. The van der Waals surface area contributed by atoms with Crippen LogP contribution in [0.15, 0.2) is 29.3 Å². The summed E-state index contributed by atoms with van der Waals surface area (Å²) in [7, 11) is 3.38. The lowest BCUT2D eigenvalue weighted by atomic mass is 10.0. The van der Waals surface area contributed by atoms with Crippen molar-refractivity contribution in [3.8, 4) is 0 Å². The molecule has 0 bridgehead atoms.